The van der Waals surface area contributed by atoms with Crippen LogP contribution in [0.5, 0.6) is 0 Å². The monoisotopic (exact) mass is 340 g/mol. The second-order valence-corrected chi connectivity index (χ2v) is 12.6. The lowest BCUT2D eigenvalue weighted by Crippen LogP contribution is -2.22. The number of nitrogens with zero attached hydrogens (tertiary/aromatic N) is 2. The first-order valence-corrected chi connectivity index (χ1v) is 11.4. The summed E-state index contributed by atoms with van der Waals surface area (Å²) < 4.78 is 21.5. The fourth-order valence-corrected chi connectivity index (χ4v) is 3.12. The summed E-state index contributed by atoms with van der Waals surface area (Å²) in [5.74, 6) is -0.278. The smallest absolute Gasteiger partial charge is 0.151 e. The zero-order chi connectivity index (χ0) is 16.3. The molecule has 1 aromatic carbocycles. The Morgan fingerprint density at radius 2 is 2.05 bits per heavy atom. The van der Waals surface area contributed by atoms with Crippen LogP contribution < -0.4 is 0 Å². The molecule has 2 rings (SSSR count). The fraction of sp³-hybridized carbons (Fsp3) is 0.438. The summed E-state index contributed by atoms with van der Waals surface area (Å²) in [7, 11) is -1.13. The fourth-order valence-electron chi connectivity index (χ4n) is 2.17. The topological polar surface area (TPSA) is 27.1 Å². The number of hydrogen-bond donors (Lipinski definition) is 0. The zero-order valence-electron chi connectivity index (χ0n) is 13.5. The van der Waals surface area contributed by atoms with Gasteiger partial charge in [0, 0.05) is 26.3 Å². The van der Waals surface area contributed by atoms with Gasteiger partial charge in [-0.25, -0.2) is 9.07 Å². The molecule has 0 unspecified atom stereocenters. The Labute approximate surface area is 137 Å². The third-order valence-corrected chi connectivity index (χ3v) is 5.33. The number of halogens is 2. The SMILES string of the molecule is Cc1cccc(F)c1-c1cc(Cl)nn1COCC[Si](C)(C)C. The van der Waals surface area contributed by atoms with Crippen molar-refractivity contribution in [2.24, 2.45) is 0 Å². The van der Waals surface area contributed by atoms with Crippen LogP contribution in [0, 0.1) is 12.7 Å². The molecule has 0 atom stereocenters. The van der Waals surface area contributed by atoms with Gasteiger partial charge in [0.2, 0.25) is 0 Å². The quantitative estimate of drug-likeness (QED) is 0.548. The maximum Gasteiger partial charge on any atom is 0.151 e. The molecule has 0 saturated carbocycles. The molecular weight excluding hydrogens is 319 g/mol. The van der Waals surface area contributed by atoms with E-state index in [9.17, 15) is 4.39 Å². The van der Waals surface area contributed by atoms with Gasteiger partial charge in [-0.2, -0.15) is 5.10 Å². The number of ether oxygens (including phenoxy) is 1. The molecule has 22 heavy (non-hydrogen) atoms. The van der Waals surface area contributed by atoms with Crippen molar-refractivity contribution in [3.8, 4) is 11.3 Å². The summed E-state index contributed by atoms with van der Waals surface area (Å²) in [6, 6.07) is 7.77. The van der Waals surface area contributed by atoms with E-state index in [1.54, 1.807) is 16.8 Å². The second kappa shape index (κ2) is 6.94. The minimum Gasteiger partial charge on any atom is -0.360 e. The van der Waals surface area contributed by atoms with Crippen LogP contribution >= 0.6 is 11.6 Å². The molecule has 6 heteroatoms. The predicted molar refractivity (Wildman–Crippen MR) is 91.5 cm³/mol. The van der Waals surface area contributed by atoms with Crippen molar-refractivity contribution < 1.29 is 9.13 Å². The maximum atomic E-state index is 14.2. The minimum absolute atomic E-state index is 0.278. The highest BCUT2D eigenvalue weighted by Gasteiger charge is 2.16. The van der Waals surface area contributed by atoms with Gasteiger partial charge in [-0.1, -0.05) is 43.4 Å². The highest BCUT2D eigenvalue weighted by atomic mass is 35.5. The van der Waals surface area contributed by atoms with Crippen LogP contribution in [0.25, 0.3) is 11.3 Å². The minimum atomic E-state index is -1.13. The van der Waals surface area contributed by atoms with Crippen LogP contribution in [-0.2, 0) is 11.5 Å². The van der Waals surface area contributed by atoms with Crippen LogP contribution in [-0.4, -0.2) is 24.5 Å². The van der Waals surface area contributed by atoms with Gasteiger partial charge in [-0.15, -0.1) is 0 Å². The lowest BCUT2D eigenvalue weighted by molar-refractivity contribution is 0.0798. The van der Waals surface area contributed by atoms with Crippen LogP contribution in [0.3, 0.4) is 0 Å². The normalized spacial score (nSPS) is 11.9. The molecule has 0 amide bonds. The first kappa shape index (κ1) is 17.2. The van der Waals surface area contributed by atoms with E-state index in [0.29, 0.717) is 23.0 Å². The van der Waals surface area contributed by atoms with E-state index in [2.05, 4.69) is 24.7 Å². The third-order valence-electron chi connectivity index (χ3n) is 3.44. The number of hydrogen-bond acceptors (Lipinski definition) is 2. The maximum absolute atomic E-state index is 14.2. The van der Waals surface area contributed by atoms with Crippen molar-refractivity contribution in [2.45, 2.75) is 39.3 Å². The van der Waals surface area contributed by atoms with Crippen LogP contribution in [0.1, 0.15) is 5.56 Å². The Hall–Kier alpha value is -1.17. The lowest BCUT2D eigenvalue weighted by atomic mass is 10.1. The average molecular weight is 341 g/mol. The Morgan fingerprint density at radius 1 is 1.32 bits per heavy atom. The van der Waals surface area contributed by atoms with Gasteiger partial charge in [-0.05, 0) is 24.6 Å². The Bertz CT molecular complexity index is 632. The van der Waals surface area contributed by atoms with E-state index in [1.807, 2.05) is 13.0 Å². The molecule has 3 nitrogen and oxygen atoms in total. The van der Waals surface area contributed by atoms with E-state index < -0.39 is 8.07 Å². The molecule has 0 spiro atoms. The zero-order valence-corrected chi connectivity index (χ0v) is 15.2. The van der Waals surface area contributed by atoms with E-state index in [4.69, 9.17) is 16.3 Å². The molecular formula is C16H22ClFN2OSi. The van der Waals surface area contributed by atoms with E-state index in [1.165, 1.54) is 6.07 Å². The molecule has 1 aromatic heterocycles. The van der Waals surface area contributed by atoms with Crippen LogP contribution in [0.15, 0.2) is 24.3 Å². The van der Waals surface area contributed by atoms with Crippen molar-refractivity contribution in [3.63, 3.8) is 0 Å². The number of benzene rings is 1. The van der Waals surface area contributed by atoms with Gasteiger partial charge in [-0.3, -0.25) is 0 Å². The summed E-state index contributed by atoms with van der Waals surface area (Å²) in [6.07, 6.45) is 0. The van der Waals surface area contributed by atoms with Crippen molar-refractivity contribution in [2.75, 3.05) is 6.61 Å². The van der Waals surface area contributed by atoms with Crippen molar-refractivity contribution in [3.05, 3.63) is 40.8 Å². The van der Waals surface area contributed by atoms with Crippen molar-refractivity contribution >= 4 is 19.7 Å². The van der Waals surface area contributed by atoms with E-state index in [-0.39, 0.29) is 12.5 Å². The van der Waals surface area contributed by atoms with Gasteiger partial charge >= 0.3 is 0 Å². The molecule has 0 fully saturated rings. The standard InChI is InChI=1S/C16H22ClFN2OSi/c1-12-6-5-7-13(18)16(12)14-10-15(17)19-20(14)11-21-8-9-22(2,3)4/h5-7,10H,8-9,11H2,1-4H3. The molecule has 120 valence electrons. The average Bonchev–Trinajstić information content (AvgIpc) is 2.74. The highest BCUT2D eigenvalue weighted by molar-refractivity contribution is 6.76. The van der Waals surface area contributed by atoms with Gasteiger partial charge in [0.1, 0.15) is 12.5 Å². The first-order chi connectivity index (χ1) is 10.3. The summed E-state index contributed by atoms with van der Waals surface area (Å²) >= 11 is 6.00. The van der Waals surface area contributed by atoms with E-state index in [0.717, 1.165) is 11.6 Å². The largest absolute Gasteiger partial charge is 0.360 e. The number of aryl methyl sites for hydroxylation is 1. The summed E-state index contributed by atoms with van der Waals surface area (Å²) in [5, 5.41) is 4.54. The molecule has 0 N–H and O–H groups in total. The van der Waals surface area contributed by atoms with E-state index >= 15 is 0 Å². The number of aromatic nitrogens is 2. The predicted octanol–water partition coefficient (Wildman–Crippen LogP) is 4.96. The van der Waals surface area contributed by atoms with Gasteiger partial charge < -0.3 is 4.74 Å². The highest BCUT2D eigenvalue weighted by Crippen LogP contribution is 2.28. The second-order valence-electron chi connectivity index (χ2n) is 6.63. The molecule has 0 bridgehead atoms. The summed E-state index contributed by atoms with van der Waals surface area (Å²) in [5.41, 5.74) is 2.02. The van der Waals surface area contributed by atoms with Gasteiger partial charge in [0.05, 0.1) is 5.69 Å². The molecule has 0 radical (unpaired) electrons. The molecule has 0 aliphatic carbocycles. The van der Waals surface area contributed by atoms with Crippen LogP contribution in [0.2, 0.25) is 30.8 Å². The van der Waals surface area contributed by atoms with Crippen molar-refractivity contribution in [1.82, 2.24) is 9.78 Å². The Kier molecular flexibility index (Phi) is 5.42. The third kappa shape index (κ3) is 4.41. The first-order valence-electron chi connectivity index (χ1n) is 7.34. The van der Waals surface area contributed by atoms with Crippen molar-refractivity contribution in [1.29, 1.82) is 0 Å². The molecule has 0 aliphatic rings. The lowest BCUT2D eigenvalue weighted by Gasteiger charge is -2.16. The Morgan fingerprint density at radius 3 is 2.68 bits per heavy atom. The van der Waals surface area contributed by atoms with Gasteiger partial charge in [0.15, 0.2) is 5.15 Å². The molecule has 0 saturated heterocycles. The summed E-state index contributed by atoms with van der Waals surface area (Å²) in [6.45, 7) is 9.73. The summed E-state index contributed by atoms with van der Waals surface area (Å²) in [4.78, 5) is 0. The number of rotatable bonds is 6. The van der Waals surface area contributed by atoms with Gasteiger partial charge in [0.25, 0.3) is 0 Å². The van der Waals surface area contributed by atoms with Crippen LogP contribution in [0.4, 0.5) is 4.39 Å². The molecule has 2 aromatic rings. The molecule has 1 heterocycles. The Balaban J connectivity index is 2.17. The molecule has 0 aliphatic heterocycles.